The van der Waals surface area contributed by atoms with Gasteiger partial charge in [-0.2, -0.15) is 0 Å². The van der Waals surface area contributed by atoms with Crippen LogP contribution < -0.4 is 10.9 Å². The van der Waals surface area contributed by atoms with Crippen molar-refractivity contribution in [2.24, 2.45) is 0 Å². The van der Waals surface area contributed by atoms with Gasteiger partial charge in [0.15, 0.2) is 0 Å². The second-order valence-corrected chi connectivity index (χ2v) is 4.78. The van der Waals surface area contributed by atoms with E-state index in [2.05, 4.69) is 22.2 Å². The molecule has 0 fully saturated rings. The zero-order valence-corrected chi connectivity index (χ0v) is 11.7. The van der Waals surface area contributed by atoms with E-state index < -0.39 is 0 Å². The maximum atomic E-state index is 13.4. The van der Waals surface area contributed by atoms with E-state index in [9.17, 15) is 9.18 Å². The maximum absolute atomic E-state index is 13.4. The summed E-state index contributed by atoms with van der Waals surface area (Å²) < 4.78 is 13.4. The van der Waals surface area contributed by atoms with E-state index in [0.717, 1.165) is 18.5 Å². The molecule has 20 heavy (non-hydrogen) atoms. The number of aromatic amines is 1. The quantitative estimate of drug-likeness (QED) is 0.824. The normalized spacial score (nSPS) is 10.8. The van der Waals surface area contributed by atoms with E-state index in [1.165, 1.54) is 18.2 Å². The van der Waals surface area contributed by atoms with Crippen molar-refractivity contribution in [3.05, 3.63) is 51.7 Å². The van der Waals surface area contributed by atoms with Crippen LogP contribution in [0.25, 0.3) is 11.4 Å². The fourth-order valence-corrected chi connectivity index (χ4v) is 2.00. The van der Waals surface area contributed by atoms with Gasteiger partial charge in [-0.1, -0.05) is 6.92 Å². The van der Waals surface area contributed by atoms with Crippen molar-refractivity contribution < 1.29 is 4.39 Å². The molecule has 0 aliphatic rings. The van der Waals surface area contributed by atoms with Crippen LogP contribution in [0.1, 0.15) is 24.6 Å². The fraction of sp³-hybridized carbons (Fsp3) is 0.333. The zero-order chi connectivity index (χ0) is 14.5. The lowest BCUT2D eigenvalue weighted by Crippen LogP contribution is -2.18. The van der Waals surface area contributed by atoms with Gasteiger partial charge in [-0.3, -0.25) is 4.79 Å². The van der Waals surface area contributed by atoms with Gasteiger partial charge in [0.05, 0.1) is 5.69 Å². The van der Waals surface area contributed by atoms with Crippen LogP contribution in [-0.2, 0) is 6.54 Å². The molecule has 0 aliphatic carbocycles. The molecule has 0 saturated carbocycles. The molecule has 2 rings (SSSR count). The van der Waals surface area contributed by atoms with Gasteiger partial charge in [0.2, 0.25) is 0 Å². The predicted molar refractivity (Wildman–Crippen MR) is 77.0 cm³/mol. The van der Waals surface area contributed by atoms with Crippen molar-refractivity contribution in [1.82, 2.24) is 15.3 Å². The molecule has 0 spiro atoms. The number of rotatable bonds is 5. The third-order valence-electron chi connectivity index (χ3n) is 2.84. The summed E-state index contributed by atoms with van der Waals surface area (Å²) in [5.74, 6) is 0.0607. The summed E-state index contributed by atoms with van der Waals surface area (Å²) in [6.07, 6.45) is 1.01. The molecular weight excluding hydrogens is 257 g/mol. The molecule has 106 valence electrons. The minimum Gasteiger partial charge on any atom is -0.311 e. The highest BCUT2D eigenvalue weighted by Crippen LogP contribution is 2.17. The van der Waals surface area contributed by atoms with Crippen molar-refractivity contribution in [1.29, 1.82) is 0 Å². The molecule has 0 saturated heterocycles. The van der Waals surface area contributed by atoms with Crippen LogP contribution in [-0.4, -0.2) is 16.5 Å². The van der Waals surface area contributed by atoms with E-state index in [1.54, 1.807) is 13.0 Å². The predicted octanol–water partition coefficient (Wildman–Crippen LogP) is 2.38. The maximum Gasteiger partial charge on any atom is 0.251 e. The number of nitrogens with one attached hydrogen (secondary N) is 2. The van der Waals surface area contributed by atoms with Gasteiger partial charge in [-0.15, -0.1) is 0 Å². The van der Waals surface area contributed by atoms with Gasteiger partial charge >= 0.3 is 0 Å². The molecule has 0 atom stereocenters. The van der Waals surface area contributed by atoms with Crippen LogP contribution in [0.2, 0.25) is 0 Å². The van der Waals surface area contributed by atoms with Crippen molar-refractivity contribution in [3.8, 4) is 11.4 Å². The van der Waals surface area contributed by atoms with Gasteiger partial charge in [0, 0.05) is 18.2 Å². The van der Waals surface area contributed by atoms with Gasteiger partial charge in [0.1, 0.15) is 11.6 Å². The number of hydrogen-bond acceptors (Lipinski definition) is 3. The average Bonchev–Trinajstić information content (AvgIpc) is 2.37. The standard InChI is InChI=1S/C15H18FN3O/c1-3-4-17-9-13-8-14(20)19-15(18-13)11-5-10(2)6-12(16)7-11/h5-8,17H,3-4,9H2,1-2H3,(H,18,19,20). The molecule has 1 aromatic carbocycles. The minimum absolute atomic E-state index is 0.231. The second-order valence-electron chi connectivity index (χ2n) is 4.78. The summed E-state index contributed by atoms with van der Waals surface area (Å²) in [6.45, 7) is 5.26. The molecule has 4 nitrogen and oxygen atoms in total. The molecule has 5 heteroatoms. The van der Waals surface area contributed by atoms with E-state index in [4.69, 9.17) is 0 Å². The molecule has 0 radical (unpaired) electrons. The summed E-state index contributed by atoms with van der Waals surface area (Å²) in [7, 11) is 0. The topological polar surface area (TPSA) is 57.8 Å². The first kappa shape index (κ1) is 14.4. The van der Waals surface area contributed by atoms with Gasteiger partial charge in [-0.05, 0) is 43.7 Å². The number of halogens is 1. The number of benzene rings is 1. The minimum atomic E-state index is -0.336. The lowest BCUT2D eigenvalue weighted by Gasteiger charge is -2.06. The largest absolute Gasteiger partial charge is 0.311 e. The van der Waals surface area contributed by atoms with Gasteiger partial charge in [-0.25, -0.2) is 9.37 Å². The Labute approximate surface area is 117 Å². The number of H-pyrrole nitrogens is 1. The highest BCUT2D eigenvalue weighted by molar-refractivity contribution is 5.56. The summed E-state index contributed by atoms with van der Waals surface area (Å²) in [6, 6.07) is 6.06. The van der Waals surface area contributed by atoms with Crippen LogP contribution in [0, 0.1) is 12.7 Å². The SMILES string of the molecule is CCCNCc1cc(=O)[nH]c(-c2cc(C)cc(F)c2)n1. The molecular formula is C15H18FN3O. The molecule has 0 bridgehead atoms. The smallest absolute Gasteiger partial charge is 0.251 e. The van der Waals surface area contributed by atoms with E-state index in [0.29, 0.717) is 23.6 Å². The van der Waals surface area contributed by atoms with Crippen LogP contribution in [0.4, 0.5) is 4.39 Å². The van der Waals surface area contributed by atoms with E-state index >= 15 is 0 Å². The highest BCUT2D eigenvalue weighted by atomic mass is 19.1. The third-order valence-corrected chi connectivity index (χ3v) is 2.84. The molecule has 0 aliphatic heterocycles. The monoisotopic (exact) mass is 275 g/mol. The Kier molecular flexibility index (Phi) is 4.63. The number of hydrogen-bond donors (Lipinski definition) is 2. The third kappa shape index (κ3) is 3.74. The first-order valence-corrected chi connectivity index (χ1v) is 6.67. The zero-order valence-electron chi connectivity index (χ0n) is 11.7. The Hall–Kier alpha value is -2.01. The highest BCUT2D eigenvalue weighted by Gasteiger charge is 2.06. The van der Waals surface area contributed by atoms with Crippen LogP contribution in [0.5, 0.6) is 0 Å². The van der Waals surface area contributed by atoms with Gasteiger partial charge < -0.3 is 10.3 Å². The fourth-order valence-electron chi connectivity index (χ4n) is 2.00. The number of aryl methyl sites for hydroxylation is 1. The van der Waals surface area contributed by atoms with Gasteiger partial charge in [0.25, 0.3) is 5.56 Å². The Balaban J connectivity index is 2.33. The Morgan fingerprint density at radius 3 is 2.80 bits per heavy atom. The van der Waals surface area contributed by atoms with Crippen LogP contribution in [0.3, 0.4) is 0 Å². The second kappa shape index (κ2) is 6.43. The first-order valence-electron chi connectivity index (χ1n) is 6.67. The number of aromatic nitrogens is 2. The van der Waals surface area contributed by atoms with E-state index in [1.807, 2.05) is 0 Å². The lowest BCUT2D eigenvalue weighted by molar-refractivity contribution is 0.627. The van der Waals surface area contributed by atoms with Crippen LogP contribution in [0.15, 0.2) is 29.1 Å². The summed E-state index contributed by atoms with van der Waals surface area (Å²) in [4.78, 5) is 18.7. The Morgan fingerprint density at radius 2 is 2.10 bits per heavy atom. The Morgan fingerprint density at radius 1 is 1.30 bits per heavy atom. The Bertz CT molecular complexity index is 632. The van der Waals surface area contributed by atoms with Crippen molar-refractivity contribution >= 4 is 0 Å². The molecule has 1 aromatic heterocycles. The van der Waals surface area contributed by atoms with E-state index in [-0.39, 0.29) is 11.4 Å². The average molecular weight is 275 g/mol. The summed E-state index contributed by atoms with van der Waals surface area (Å²) >= 11 is 0. The molecule has 1 heterocycles. The summed E-state index contributed by atoms with van der Waals surface area (Å²) in [5.41, 5.74) is 1.79. The molecule has 0 amide bonds. The van der Waals surface area contributed by atoms with Crippen molar-refractivity contribution in [3.63, 3.8) is 0 Å². The van der Waals surface area contributed by atoms with Crippen molar-refractivity contribution in [2.75, 3.05) is 6.54 Å². The first-order chi connectivity index (χ1) is 9.58. The molecule has 2 N–H and O–H groups in total. The lowest BCUT2D eigenvalue weighted by atomic mass is 10.1. The number of nitrogens with zero attached hydrogens (tertiary/aromatic N) is 1. The van der Waals surface area contributed by atoms with Crippen LogP contribution >= 0.6 is 0 Å². The summed E-state index contributed by atoms with van der Waals surface area (Å²) in [5, 5.41) is 3.19. The molecule has 0 unspecified atom stereocenters. The van der Waals surface area contributed by atoms with Crippen molar-refractivity contribution in [2.45, 2.75) is 26.8 Å². The molecule has 2 aromatic rings.